The van der Waals surface area contributed by atoms with Gasteiger partial charge in [0.05, 0.1) is 12.1 Å². The monoisotopic (exact) mass is 396 g/mol. The zero-order valence-corrected chi connectivity index (χ0v) is 17.6. The van der Waals surface area contributed by atoms with Crippen LogP contribution in [-0.4, -0.2) is 28.5 Å². The van der Waals surface area contributed by atoms with E-state index in [1.165, 1.54) is 29.7 Å². The highest BCUT2D eigenvalue weighted by molar-refractivity contribution is 7.10. The number of fused-ring (bicyclic) bond motifs is 1. The maximum Gasteiger partial charge on any atom is 0.239 e. The van der Waals surface area contributed by atoms with Gasteiger partial charge in [-0.2, -0.15) is 5.26 Å². The Labute approximate surface area is 171 Å². The van der Waals surface area contributed by atoms with E-state index >= 15 is 0 Å². The van der Waals surface area contributed by atoms with Gasteiger partial charge in [0.1, 0.15) is 11.9 Å². The molecule has 2 aliphatic rings. The summed E-state index contributed by atoms with van der Waals surface area (Å²) in [5, 5.41) is 15.0. The van der Waals surface area contributed by atoms with E-state index in [4.69, 9.17) is 0 Å². The summed E-state index contributed by atoms with van der Waals surface area (Å²) in [5.41, 5.74) is 4.07. The van der Waals surface area contributed by atoms with Crippen LogP contribution in [0.25, 0.3) is 0 Å². The number of anilines is 1. The van der Waals surface area contributed by atoms with Crippen molar-refractivity contribution in [3.05, 3.63) is 38.7 Å². The van der Waals surface area contributed by atoms with Crippen molar-refractivity contribution < 1.29 is 4.79 Å². The van der Waals surface area contributed by atoms with Crippen LogP contribution in [0.2, 0.25) is 0 Å². The molecule has 1 N–H and O–H groups in total. The van der Waals surface area contributed by atoms with E-state index in [0.717, 1.165) is 43.6 Å². The van der Waals surface area contributed by atoms with Gasteiger partial charge in [-0.3, -0.25) is 9.69 Å². The Morgan fingerprint density at radius 3 is 2.86 bits per heavy atom. The molecule has 0 radical (unpaired) electrons. The molecule has 6 heteroatoms. The van der Waals surface area contributed by atoms with Crippen LogP contribution in [0.4, 0.5) is 5.82 Å². The van der Waals surface area contributed by atoms with Crippen molar-refractivity contribution in [2.24, 2.45) is 0 Å². The van der Waals surface area contributed by atoms with Crippen LogP contribution in [0.5, 0.6) is 0 Å². The molecule has 1 fully saturated rings. The van der Waals surface area contributed by atoms with Crippen LogP contribution in [-0.2, 0) is 17.8 Å². The molecular weight excluding hydrogens is 368 g/mol. The van der Waals surface area contributed by atoms with E-state index in [1.54, 1.807) is 0 Å². The molecule has 0 unspecified atom stereocenters. The second kappa shape index (κ2) is 8.10. The summed E-state index contributed by atoms with van der Waals surface area (Å²) in [4.78, 5) is 16.5. The number of hydrogen-bond donors (Lipinski definition) is 1. The van der Waals surface area contributed by atoms with Gasteiger partial charge in [-0.05, 0) is 55.7 Å². The summed E-state index contributed by atoms with van der Waals surface area (Å²) in [6.45, 7) is 6.18. The lowest BCUT2D eigenvalue weighted by atomic mass is 9.95. The average molecular weight is 397 g/mol. The number of nitrogens with zero attached hydrogens (tertiary/aromatic N) is 3. The number of nitrogens with one attached hydrogen (secondary N) is 1. The van der Waals surface area contributed by atoms with E-state index in [9.17, 15) is 10.1 Å². The molecule has 0 aromatic carbocycles. The molecule has 0 saturated heterocycles. The number of amides is 1. The SMILES string of the molecule is Cc1c(C#N)c(NC(=O)CN2CCc3sccc3C2)n(C2CCCCC2)c1C. The maximum atomic E-state index is 12.9. The first-order valence-electron chi connectivity index (χ1n) is 10.3. The molecule has 148 valence electrons. The predicted molar refractivity (Wildman–Crippen MR) is 113 cm³/mol. The van der Waals surface area contributed by atoms with Crippen LogP contribution < -0.4 is 5.32 Å². The minimum Gasteiger partial charge on any atom is -0.327 e. The van der Waals surface area contributed by atoms with Crippen LogP contribution in [0.3, 0.4) is 0 Å². The van der Waals surface area contributed by atoms with E-state index in [2.05, 4.69) is 39.2 Å². The summed E-state index contributed by atoms with van der Waals surface area (Å²) in [5.74, 6) is 0.687. The highest BCUT2D eigenvalue weighted by atomic mass is 32.1. The number of carbonyl (C=O) groups excluding carboxylic acids is 1. The molecule has 0 bridgehead atoms. The van der Waals surface area contributed by atoms with Gasteiger partial charge < -0.3 is 9.88 Å². The number of hydrogen-bond acceptors (Lipinski definition) is 4. The zero-order chi connectivity index (χ0) is 19.7. The Kier molecular flexibility index (Phi) is 5.56. The molecule has 5 nitrogen and oxygen atoms in total. The average Bonchev–Trinajstić information content (AvgIpc) is 3.25. The largest absolute Gasteiger partial charge is 0.327 e. The standard InChI is InChI=1S/C22H28N4OS/c1-15-16(2)26(18-6-4-3-5-7-18)22(19(15)12-23)24-21(27)14-25-10-8-20-17(13-25)9-11-28-20/h9,11,18H,3-8,10,13-14H2,1-2H3,(H,24,27). The third-order valence-electron chi connectivity index (χ3n) is 6.32. The first kappa shape index (κ1) is 19.2. The predicted octanol–water partition coefficient (Wildman–Crippen LogP) is 4.54. The fraction of sp³-hybridized carbons (Fsp3) is 0.545. The molecule has 2 aromatic heterocycles. The smallest absolute Gasteiger partial charge is 0.239 e. The van der Waals surface area contributed by atoms with Crippen molar-refractivity contribution >= 4 is 23.1 Å². The molecule has 1 aliphatic heterocycles. The highest BCUT2D eigenvalue weighted by Crippen LogP contribution is 2.36. The molecule has 0 spiro atoms. The van der Waals surface area contributed by atoms with Crippen molar-refractivity contribution in [3.63, 3.8) is 0 Å². The van der Waals surface area contributed by atoms with Crippen molar-refractivity contribution in [1.29, 1.82) is 5.26 Å². The second-order valence-corrected chi connectivity index (χ2v) is 9.09. The van der Waals surface area contributed by atoms with Gasteiger partial charge >= 0.3 is 0 Å². The Morgan fingerprint density at radius 1 is 1.32 bits per heavy atom. The van der Waals surface area contributed by atoms with Crippen LogP contribution in [0.1, 0.15) is 65.4 Å². The van der Waals surface area contributed by atoms with Gasteiger partial charge in [0.15, 0.2) is 0 Å². The van der Waals surface area contributed by atoms with E-state index < -0.39 is 0 Å². The lowest BCUT2D eigenvalue weighted by molar-refractivity contribution is -0.117. The fourth-order valence-electron chi connectivity index (χ4n) is 4.70. The van der Waals surface area contributed by atoms with Crippen LogP contribution in [0.15, 0.2) is 11.4 Å². The molecule has 1 aliphatic carbocycles. The molecule has 2 aromatic rings. The van der Waals surface area contributed by atoms with Gasteiger partial charge in [0.2, 0.25) is 5.91 Å². The lowest BCUT2D eigenvalue weighted by Crippen LogP contribution is -2.37. The van der Waals surface area contributed by atoms with Gasteiger partial charge in [-0.15, -0.1) is 11.3 Å². The van der Waals surface area contributed by atoms with Crippen LogP contribution >= 0.6 is 11.3 Å². The Balaban J connectivity index is 1.53. The number of rotatable bonds is 4. The first-order valence-corrected chi connectivity index (χ1v) is 11.2. The number of nitriles is 1. The number of carbonyl (C=O) groups is 1. The zero-order valence-electron chi connectivity index (χ0n) is 16.8. The highest BCUT2D eigenvalue weighted by Gasteiger charge is 2.27. The maximum absolute atomic E-state index is 12.9. The molecule has 4 rings (SSSR count). The van der Waals surface area contributed by atoms with Gasteiger partial charge in [-0.1, -0.05) is 19.3 Å². The summed E-state index contributed by atoms with van der Waals surface area (Å²) in [6.07, 6.45) is 6.97. The van der Waals surface area contributed by atoms with Crippen molar-refractivity contribution in [2.75, 3.05) is 18.4 Å². The Hall–Kier alpha value is -2.10. The minimum absolute atomic E-state index is 0.0234. The van der Waals surface area contributed by atoms with E-state index in [0.29, 0.717) is 24.0 Å². The Morgan fingerprint density at radius 2 is 2.11 bits per heavy atom. The number of thiophene rings is 1. The summed E-state index contributed by atoms with van der Waals surface area (Å²) in [7, 11) is 0. The molecule has 1 saturated carbocycles. The molecule has 3 heterocycles. The number of aromatic nitrogens is 1. The third-order valence-corrected chi connectivity index (χ3v) is 7.34. The quantitative estimate of drug-likeness (QED) is 0.825. The van der Waals surface area contributed by atoms with Crippen LogP contribution in [0, 0.1) is 25.2 Å². The minimum atomic E-state index is -0.0234. The van der Waals surface area contributed by atoms with Gasteiger partial charge in [-0.25, -0.2) is 0 Å². The molecule has 1 amide bonds. The second-order valence-electron chi connectivity index (χ2n) is 8.09. The van der Waals surface area contributed by atoms with E-state index in [-0.39, 0.29) is 5.91 Å². The summed E-state index contributed by atoms with van der Waals surface area (Å²) < 4.78 is 2.23. The van der Waals surface area contributed by atoms with E-state index in [1.807, 2.05) is 18.3 Å². The fourth-order valence-corrected chi connectivity index (χ4v) is 5.59. The molecule has 0 atom stereocenters. The van der Waals surface area contributed by atoms with Crippen molar-refractivity contribution in [3.8, 4) is 6.07 Å². The molecule has 28 heavy (non-hydrogen) atoms. The van der Waals surface area contributed by atoms with Crippen molar-refractivity contribution in [2.45, 2.75) is 65.0 Å². The Bertz CT molecular complexity index is 914. The topological polar surface area (TPSA) is 61.1 Å². The van der Waals surface area contributed by atoms with Crippen molar-refractivity contribution in [1.82, 2.24) is 9.47 Å². The first-order chi connectivity index (χ1) is 13.6. The summed E-state index contributed by atoms with van der Waals surface area (Å²) >= 11 is 1.81. The lowest BCUT2D eigenvalue weighted by Gasteiger charge is -2.28. The third kappa shape index (κ3) is 3.61. The van der Waals surface area contributed by atoms with Gasteiger partial charge in [0.25, 0.3) is 0 Å². The normalized spacial score (nSPS) is 17.9. The molecular formula is C22H28N4OS. The summed E-state index contributed by atoms with van der Waals surface area (Å²) in [6, 6.07) is 4.88. The van der Waals surface area contributed by atoms with Gasteiger partial charge in [0, 0.05) is 29.7 Å².